The van der Waals surface area contributed by atoms with Crippen molar-refractivity contribution in [3.63, 3.8) is 0 Å². The van der Waals surface area contributed by atoms with Crippen LogP contribution in [0.2, 0.25) is 0 Å². The fourth-order valence-corrected chi connectivity index (χ4v) is 4.14. The second-order valence-corrected chi connectivity index (χ2v) is 7.44. The van der Waals surface area contributed by atoms with Gasteiger partial charge in [-0.2, -0.15) is 0 Å². The van der Waals surface area contributed by atoms with E-state index < -0.39 is 12.3 Å². The van der Waals surface area contributed by atoms with E-state index in [0.29, 0.717) is 23.5 Å². The minimum Gasteiger partial charge on any atom is -0.334 e. The molecule has 9 heteroatoms. The lowest BCUT2D eigenvalue weighted by molar-refractivity contribution is 0.101. The lowest BCUT2D eigenvalue weighted by Crippen LogP contribution is -2.61. The van der Waals surface area contributed by atoms with Gasteiger partial charge in [0.1, 0.15) is 5.69 Å². The van der Waals surface area contributed by atoms with Crippen molar-refractivity contribution in [2.75, 3.05) is 23.3 Å². The summed E-state index contributed by atoms with van der Waals surface area (Å²) in [6.45, 7) is 1.73. The summed E-state index contributed by atoms with van der Waals surface area (Å²) >= 11 is 0. The van der Waals surface area contributed by atoms with Gasteiger partial charge in [-0.15, -0.1) is 5.10 Å². The molecule has 0 radical (unpaired) electrons. The van der Waals surface area contributed by atoms with Crippen LogP contribution in [0.4, 0.5) is 20.4 Å². The van der Waals surface area contributed by atoms with Crippen molar-refractivity contribution in [3.05, 3.63) is 53.9 Å². The topological polar surface area (TPSA) is 74.6 Å². The molecule has 3 saturated heterocycles. The van der Waals surface area contributed by atoms with Gasteiger partial charge in [0.15, 0.2) is 0 Å². The number of carbonyl (C=O) groups is 1. The summed E-state index contributed by atoms with van der Waals surface area (Å²) in [5.41, 5.74) is 0.819. The number of fused-ring (bicyclic) bond motifs is 4. The Bertz CT molecular complexity index is 1060. The Morgan fingerprint density at radius 1 is 1.21 bits per heavy atom. The van der Waals surface area contributed by atoms with Crippen LogP contribution >= 0.6 is 0 Å². The lowest BCUT2D eigenvalue weighted by Gasteiger charge is -2.45. The van der Waals surface area contributed by atoms with Crippen molar-refractivity contribution in [1.29, 1.82) is 0 Å². The molecule has 2 atom stereocenters. The van der Waals surface area contributed by atoms with Crippen molar-refractivity contribution in [3.8, 4) is 0 Å². The number of hydrogen-bond donors (Lipinski definition) is 2. The van der Waals surface area contributed by atoms with Crippen LogP contribution in [-0.2, 0) is 0 Å². The van der Waals surface area contributed by atoms with Crippen LogP contribution < -0.4 is 15.5 Å². The maximum absolute atomic E-state index is 13.2. The fourth-order valence-electron chi connectivity index (χ4n) is 4.14. The van der Waals surface area contributed by atoms with E-state index in [2.05, 4.69) is 25.6 Å². The molecule has 6 rings (SSSR count). The predicted octanol–water partition coefficient (Wildman–Crippen LogP) is 2.86. The molecule has 0 saturated carbocycles. The van der Waals surface area contributed by atoms with E-state index in [-0.39, 0.29) is 16.9 Å². The van der Waals surface area contributed by atoms with Gasteiger partial charge < -0.3 is 15.5 Å². The SMILES string of the molecule is O=C(Nc1ccccc1C(F)F)c1ccc2cnc(N3C[C@H]4CC[C@H]3CN4)nn12. The van der Waals surface area contributed by atoms with E-state index in [1.54, 1.807) is 24.4 Å². The zero-order valence-corrected chi connectivity index (χ0v) is 15.6. The number of nitrogens with zero attached hydrogens (tertiary/aromatic N) is 4. The molecule has 7 nitrogen and oxygen atoms in total. The van der Waals surface area contributed by atoms with Crippen molar-refractivity contribution < 1.29 is 13.6 Å². The smallest absolute Gasteiger partial charge is 0.274 e. The van der Waals surface area contributed by atoms with Crippen LogP contribution in [0.25, 0.3) is 5.52 Å². The van der Waals surface area contributed by atoms with Crippen LogP contribution in [0, 0.1) is 0 Å². The highest BCUT2D eigenvalue weighted by Gasteiger charge is 2.35. The number of hydrogen-bond acceptors (Lipinski definition) is 5. The Labute approximate surface area is 165 Å². The molecule has 29 heavy (non-hydrogen) atoms. The molecule has 3 aliphatic heterocycles. The Hall–Kier alpha value is -3.07. The first-order valence-corrected chi connectivity index (χ1v) is 9.63. The highest BCUT2D eigenvalue weighted by molar-refractivity contribution is 6.04. The molecule has 3 aliphatic rings. The summed E-state index contributed by atoms with van der Waals surface area (Å²) in [7, 11) is 0. The molecule has 0 aliphatic carbocycles. The molecular weight excluding hydrogens is 378 g/mol. The van der Waals surface area contributed by atoms with Crippen LogP contribution in [0.1, 0.15) is 35.3 Å². The number of alkyl halides is 2. The highest BCUT2D eigenvalue weighted by atomic mass is 19.3. The number of carbonyl (C=O) groups excluding carboxylic acids is 1. The summed E-state index contributed by atoms with van der Waals surface area (Å²) in [6.07, 6.45) is 1.24. The average molecular weight is 398 g/mol. The zero-order chi connectivity index (χ0) is 20.0. The Kier molecular flexibility index (Phi) is 4.39. The number of rotatable bonds is 4. The van der Waals surface area contributed by atoms with E-state index in [0.717, 1.165) is 25.9 Å². The standard InChI is InChI=1S/C20H20F2N6O/c21-18(22)15-3-1-2-4-16(15)25-19(29)17-8-7-14-10-24-20(26-28(14)17)27-11-12-5-6-13(27)9-23-12/h1-4,7-8,10,12-13,18,23H,5-6,9,11H2,(H,25,29)/t12-,13+/m1/s1. The minimum atomic E-state index is -2.67. The molecule has 2 N–H and O–H groups in total. The van der Waals surface area contributed by atoms with Gasteiger partial charge in [0, 0.05) is 36.4 Å². The molecule has 1 aromatic carbocycles. The fraction of sp³-hybridized carbons (Fsp3) is 0.350. The molecular formula is C20H20F2N6O. The third kappa shape index (κ3) is 3.21. The van der Waals surface area contributed by atoms with Gasteiger partial charge >= 0.3 is 0 Å². The van der Waals surface area contributed by atoms with E-state index in [1.807, 2.05) is 0 Å². The van der Waals surface area contributed by atoms with Gasteiger partial charge in [0.2, 0.25) is 5.95 Å². The van der Waals surface area contributed by atoms with Crippen LogP contribution in [0.15, 0.2) is 42.6 Å². The van der Waals surface area contributed by atoms with Crippen molar-refractivity contribution in [1.82, 2.24) is 19.9 Å². The molecule has 3 aromatic rings. The molecule has 0 unspecified atom stereocenters. The first kappa shape index (κ1) is 18.0. The first-order chi connectivity index (χ1) is 14.1. The largest absolute Gasteiger partial charge is 0.334 e. The molecule has 5 heterocycles. The third-order valence-corrected chi connectivity index (χ3v) is 5.67. The van der Waals surface area contributed by atoms with Gasteiger partial charge in [0.05, 0.1) is 11.7 Å². The summed E-state index contributed by atoms with van der Waals surface area (Å²) in [6, 6.07) is 10.0. The van der Waals surface area contributed by atoms with Crippen molar-refractivity contribution >= 4 is 23.1 Å². The molecule has 1 amide bonds. The quantitative estimate of drug-likeness (QED) is 0.707. The monoisotopic (exact) mass is 398 g/mol. The maximum atomic E-state index is 13.2. The van der Waals surface area contributed by atoms with Crippen molar-refractivity contribution in [2.24, 2.45) is 0 Å². The van der Waals surface area contributed by atoms with Gasteiger partial charge in [-0.25, -0.2) is 18.3 Å². The van der Waals surface area contributed by atoms with Crippen LogP contribution in [0.5, 0.6) is 0 Å². The second kappa shape index (κ2) is 7.07. The molecule has 2 bridgehead atoms. The normalized spacial score (nSPS) is 21.1. The van der Waals surface area contributed by atoms with E-state index in [1.165, 1.54) is 22.7 Å². The summed E-state index contributed by atoms with van der Waals surface area (Å²) in [4.78, 5) is 19.5. The highest BCUT2D eigenvalue weighted by Crippen LogP contribution is 2.28. The minimum absolute atomic E-state index is 0.0937. The van der Waals surface area contributed by atoms with Crippen LogP contribution in [-0.4, -0.2) is 45.7 Å². The summed E-state index contributed by atoms with van der Waals surface area (Å²) in [5, 5.41) is 10.7. The maximum Gasteiger partial charge on any atom is 0.274 e. The number of halogens is 2. The molecule has 2 aromatic heterocycles. The molecule has 150 valence electrons. The average Bonchev–Trinajstić information content (AvgIpc) is 3.18. The second-order valence-electron chi connectivity index (χ2n) is 7.44. The molecule has 3 fully saturated rings. The van der Waals surface area contributed by atoms with Gasteiger partial charge in [-0.05, 0) is 31.0 Å². The van der Waals surface area contributed by atoms with E-state index >= 15 is 0 Å². The van der Waals surface area contributed by atoms with Gasteiger partial charge in [0.25, 0.3) is 12.3 Å². The summed E-state index contributed by atoms with van der Waals surface area (Å²) < 4.78 is 28.0. The number of piperidine rings is 2. The number of piperazine rings is 1. The Balaban J connectivity index is 1.45. The zero-order valence-electron chi connectivity index (χ0n) is 15.6. The van der Waals surface area contributed by atoms with Crippen molar-refractivity contribution in [2.45, 2.75) is 31.4 Å². The lowest BCUT2D eigenvalue weighted by atomic mass is 9.93. The van der Waals surface area contributed by atoms with Crippen LogP contribution in [0.3, 0.4) is 0 Å². The number of benzene rings is 1. The predicted molar refractivity (Wildman–Crippen MR) is 104 cm³/mol. The number of para-hydroxylation sites is 1. The number of nitrogens with one attached hydrogen (secondary N) is 2. The summed E-state index contributed by atoms with van der Waals surface area (Å²) in [5.74, 6) is 0.0801. The molecule has 0 spiro atoms. The Morgan fingerprint density at radius 3 is 2.79 bits per heavy atom. The van der Waals surface area contributed by atoms with E-state index in [4.69, 9.17) is 0 Å². The number of anilines is 2. The number of aromatic nitrogens is 3. The Morgan fingerprint density at radius 2 is 2.07 bits per heavy atom. The van der Waals surface area contributed by atoms with Gasteiger partial charge in [-0.1, -0.05) is 18.2 Å². The number of amides is 1. The van der Waals surface area contributed by atoms with Gasteiger partial charge in [-0.3, -0.25) is 4.79 Å². The third-order valence-electron chi connectivity index (χ3n) is 5.67. The first-order valence-electron chi connectivity index (χ1n) is 9.63. The van der Waals surface area contributed by atoms with E-state index in [9.17, 15) is 13.6 Å².